The third kappa shape index (κ3) is 3.52. The Hall–Kier alpha value is -1.71. The molecule has 0 saturated heterocycles. The molecule has 1 heterocycles. The van der Waals surface area contributed by atoms with Crippen molar-refractivity contribution in [1.29, 1.82) is 0 Å². The number of nitrogens with zero attached hydrogens (tertiary/aromatic N) is 1. The highest BCUT2D eigenvalue weighted by Crippen LogP contribution is 2.35. The van der Waals surface area contributed by atoms with E-state index in [1.165, 1.54) is 22.3 Å². The molecular weight excluding hydrogens is 322 g/mol. The first-order valence-electron chi connectivity index (χ1n) is 8.13. The van der Waals surface area contributed by atoms with Crippen molar-refractivity contribution in [1.82, 2.24) is 4.90 Å². The maximum atomic E-state index is 5.45. The average Bonchev–Trinajstić information content (AvgIpc) is 2.57. The highest BCUT2D eigenvalue weighted by atomic mass is 35.5. The molecule has 1 atom stereocenters. The minimum atomic E-state index is 0. The molecule has 1 aliphatic rings. The third-order valence-electron chi connectivity index (χ3n) is 4.89. The molecule has 0 radical (unpaired) electrons. The van der Waals surface area contributed by atoms with E-state index in [9.17, 15) is 0 Å². The number of fused-ring (bicyclic) bond motifs is 1. The van der Waals surface area contributed by atoms with Crippen molar-refractivity contribution in [3.05, 3.63) is 58.7 Å². The molecule has 3 nitrogen and oxygen atoms in total. The lowest BCUT2D eigenvalue weighted by atomic mass is 9.86. The molecule has 0 saturated carbocycles. The zero-order valence-electron chi connectivity index (χ0n) is 14.8. The van der Waals surface area contributed by atoms with Crippen LogP contribution >= 0.6 is 12.4 Å². The van der Waals surface area contributed by atoms with Crippen molar-refractivity contribution in [3.8, 4) is 11.5 Å². The molecule has 0 aromatic heterocycles. The van der Waals surface area contributed by atoms with Crippen molar-refractivity contribution in [2.24, 2.45) is 0 Å². The Bertz CT molecular complexity index is 702. The van der Waals surface area contributed by atoms with Gasteiger partial charge in [0.25, 0.3) is 0 Å². The molecule has 24 heavy (non-hydrogen) atoms. The van der Waals surface area contributed by atoms with Crippen LogP contribution < -0.4 is 9.47 Å². The molecule has 0 spiro atoms. The van der Waals surface area contributed by atoms with Crippen molar-refractivity contribution >= 4 is 12.4 Å². The molecule has 2 aromatic carbocycles. The molecule has 4 heteroatoms. The van der Waals surface area contributed by atoms with E-state index in [0.717, 1.165) is 30.9 Å². The van der Waals surface area contributed by atoms with Gasteiger partial charge in [-0.3, -0.25) is 4.90 Å². The van der Waals surface area contributed by atoms with Gasteiger partial charge < -0.3 is 9.47 Å². The molecule has 0 amide bonds. The third-order valence-corrected chi connectivity index (χ3v) is 4.89. The first-order valence-corrected chi connectivity index (χ1v) is 8.13. The van der Waals surface area contributed by atoms with Crippen LogP contribution in [0.2, 0.25) is 0 Å². The Morgan fingerprint density at radius 3 is 2.54 bits per heavy atom. The summed E-state index contributed by atoms with van der Waals surface area (Å²) in [4.78, 5) is 2.46. The number of rotatable bonds is 4. The fourth-order valence-corrected chi connectivity index (χ4v) is 3.60. The summed E-state index contributed by atoms with van der Waals surface area (Å²) in [7, 11) is 5.58. The zero-order valence-corrected chi connectivity index (χ0v) is 15.7. The predicted molar refractivity (Wildman–Crippen MR) is 101 cm³/mol. The van der Waals surface area contributed by atoms with Gasteiger partial charge >= 0.3 is 0 Å². The molecular formula is C20H26ClNO2. The fraction of sp³-hybridized carbons (Fsp3) is 0.400. The van der Waals surface area contributed by atoms with Gasteiger partial charge in [-0.2, -0.15) is 0 Å². The fourth-order valence-electron chi connectivity index (χ4n) is 3.60. The number of halogens is 1. The Kier molecular flexibility index (Phi) is 6.14. The van der Waals surface area contributed by atoms with Crippen LogP contribution in [0.25, 0.3) is 0 Å². The summed E-state index contributed by atoms with van der Waals surface area (Å²) in [6.45, 7) is 3.33. The van der Waals surface area contributed by atoms with E-state index < -0.39 is 0 Å². The van der Waals surface area contributed by atoms with Gasteiger partial charge in [0.05, 0.1) is 14.2 Å². The minimum Gasteiger partial charge on any atom is -0.493 e. The van der Waals surface area contributed by atoms with Gasteiger partial charge in [0, 0.05) is 12.6 Å². The maximum absolute atomic E-state index is 5.45. The van der Waals surface area contributed by atoms with Gasteiger partial charge in [0.2, 0.25) is 0 Å². The molecule has 2 aromatic rings. The number of hydrogen-bond donors (Lipinski definition) is 0. The molecule has 0 bridgehead atoms. The Balaban J connectivity index is 0.00000208. The quantitative estimate of drug-likeness (QED) is 0.827. The van der Waals surface area contributed by atoms with Crippen molar-refractivity contribution in [2.75, 3.05) is 27.8 Å². The van der Waals surface area contributed by atoms with E-state index in [1.54, 1.807) is 14.2 Å². The maximum Gasteiger partial charge on any atom is 0.160 e. The largest absolute Gasteiger partial charge is 0.493 e. The normalized spacial score (nSPS) is 16.9. The van der Waals surface area contributed by atoms with Crippen LogP contribution in [0, 0.1) is 6.92 Å². The second-order valence-corrected chi connectivity index (χ2v) is 6.29. The van der Waals surface area contributed by atoms with E-state index in [0.29, 0.717) is 6.04 Å². The van der Waals surface area contributed by atoms with Gasteiger partial charge in [0.1, 0.15) is 0 Å². The van der Waals surface area contributed by atoms with E-state index in [2.05, 4.69) is 49.2 Å². The van der Waals surface area contributed by atoms with Crippen LogP contribution in [0.15, 0.2) is 36.4 Å². The average molecular weight is 348 g/mol. The van der Waals surface area contributed by atoms with Crippen molar-refractivity contribution in [3.63, 3.8) is 0 Å². The first kappa shape index (κ1) is 18.6. The van der Waals surface area contributed by atoms with Crippen LogP contribution in [0.1, 0.15) is 28.3 Å². The Morgan fingerprint density at radius 1 is 1.08 bits per heavy atom. The van der Waals surface area contributed by atoms with Crippen molar-refractivity contribution in [2.45, 2.75) is 25.8 Å². The van der Waals surface area contributed by atoms with Gasteiger partial charge in [-0.15, -0.1) is 12.4 Å². The van der Waals surface area contributed by atoms with Gasteiger partial charge in [-0.25, -0.2) is 0 Å². The number of hydrogen-bond acceptors (Lipinski definition) is 3. The monoisotopic (exact) mass is 347 g/mol. The summed E-state index contributed by atoms with van der Waals surface area (Å²) in [5, 5.41) is 0. The summed E-state index contributed by atoms with van der Waals surface area (Å²) in [5.41, 5.74) is 5.65. The van der Waals surface area contributed by atoms with Gasteiger partial charge in [-0.1, -0.05) is 24.3 Å². The number of methoxy groups -OCH3 is 2. The van der Waals surface area contributed by atoms with Gasteiger partial charge in [0.15, 0.2) is 11.5 Å². The van der Waals surface area contributed by atoms with E-state index in [-0.39, 0.29) is 12.4 Å². The highest BCUT2D eigenvalue weighted by Gasteiger charge is 2.26. The van der Waals surface area contributed by atoms with Crippen LogP contribution in [-0.2, 0) is 12.8 Å². The number of likely N-dealkylation sites (N-methyl/N-ethyl adjacent to an activating group) is 1. The van der Waals surface area contributed by atoms with Crippen LogP contribution in [0.4, 0.5) is 0 Å². The predicted octanol–water partition coefficient (Wildman–Crippen LogP) is 4.21. The van der Waals surface area contributed by atoms with Crippen LogP contribution in [-0.4, -0.2) is 32.7 Å². The van der Waals surface area contributed by atoms with Crippen molar-refractivity contribution < 1.29 is 9.47 Å². The molecule has 0 fully saturated rings. The minimum absolute atomic E-state index is 0. The van der Waals surface area contributed by atoms with E-state index in [1.807, 2.05) is 6.07 Å². The number of benzene rings is 2. The Labute approximate surface area is 151 Å². The first-order chi connectivity index (χ1) is 11.1. The molecule has 1 aliphatic heterocycles. The molecule has 130 valence electrons. The second-order valence-electron chi connectivity index (χ2n) is 6.29. The molecule has 3 rings (SSSR count). The lowest BCUT2D eigenvalue weighted by Gasteiger charge is -2.36. The zero-order chi connectivity index (χ0) is 16.4. The second kappa shape index (κ2) is 7.91. The summed E-state index contributed by atoms with van der Waals surface area (Å²) >= 11 is 0. The number of aryl methyl sites for hydroxylation is 1. The standard InChI is InChI=1S/C20H25NO2.ClH/c1-14-6-5-7-16-10-11-21(2)17(20(14)16)12-15-8-9-18(22-3)19(13-15)23-4;/h5-9,13,17H,10-12H2,1-4H3;1H. The van der Waals surface area contributed by atoms with Gasteiger partial charge in [-0.05, 0) is 61.2 Å². The summed E-state index contributed by atoms with van der Waals surface area (Å²) < 4.78 is 10.8. The topological polar surface area (TPSA) is 21.7 Å². The SMILES string of the molecule is COc1ccc(CC2c3c(C)cccc3CCN2C)cc1OC.Cl. The molecule has 0 N–H and O–H groups in total. The number of ether oxygens (including phenoxy) is 2. The lowest BCUT2D eigenvalue weighted by Crippen LogP contribution is -2.34. The summed E-state index contributed by atoms with van der Waals surface area (Å²) in [6.07, 6.45) is 2.12. The van der Waals surface area contributed by atoms with Crippen LogP contribution in [0.5, 0.6) is 11.5 Å². The Morgan fingerprint density at radius 2 is 1.83 bits per heavy atom. The van der Waals surface area contributed by atoms with E-state index in [4.69, 9.17) is 9.47 Å². The van der Waals surface area contributed by atoms with E-state index >= 15 is 0 Å². The highest BCUT2D eigenvalue weighted by molar-refractivity contribution is 5.85. The summed E-state index contributed by atoms with van der Waals surface area (Å²) in [5.74, 6) is 1.58. The smallest absolute Gasteiger partial charge is 0.160 e. The molecule has 0 aliphatic carbocycles. The summed E-state index contributed by atoms with van der Waals surface area (Å²) in [6, 6.07) is 13.3. The lowest BCUT2D eigenvalue weighted by molar-refractivity contribution is 0.228. The van der Waals surface area contributed by atoms with Crippen LogP contribution in [0.3, 0.4) is 0 Å². The molecule has 1 unspecified atom stereocenters.